The molecule has 0 aromatic heterocycles. The van der Waals surface area contributed by atoms with Gasteiger partial charge >= 0.3 is 6.03 Å². The third kappa shape index (κ3) is 5.54. The summed E-state index contributed by atoms with van der Waals surface area (Å²) in [5, 5.41) is 10.1. The van der Waals surface area contributed by atoms with E-state index >= 15 is 0 Å². The largest absolute Gasteiger partial charge is 0.335 e. The normalized spacial score (nSPS) is 15.3. The number of carbonyl (C=O) groups excluding carboxylic acids is 3. The zero-order valence-electron chi connectivity index (χ0n) is 16.9. The molecular formula is C22H28N4O3. The van der Waals surface area contributed by atoms with Crippen LogP contribution in [0.1, 0.15) is 32.6 Å². The molecule has 3 rings (SSSR count). The number of likely N-dealkylation sites (N-methyl/N-ethyl adjacent to an activating group) is 1. The number of imide groups is 1. The van der Waals surface area contributed by atoms with Crippen molar-refractivity contribution in [2.45, 2.75) is 44.7 Å². The van der Waals surface area contributed by atoms with Crippen LogP contribution >= 0.6 is 0 Å². The molecule has 1 unspecified atom stereocenters. The predicted octanol–water partition coefficient (Wildman–Crippen LogP) is 2.87. The van der Waals surface area contributed by atoms with Crippen LogP contribution in [0.2, 0.25) is 0 Å². The van der Waals surface area contributed by atoms with Crippen molar-refractivity contribution in [1.29, 1.82) is 0 Å². The van der Waals surface area contributed by atoms with E-state index in [4.69, 9.17) is 0 Å². The van der Waals surface area contributed by atoms with Crippen LogP contribution in [0, 0.1) is 0 Å². The van der Waals surface area contributed by atoms with Gasteiger partial charge in [0.05, 0.1) is 12.6 Å². The summed E-state index contributed by atoms with van der Waals surface area (Å²) < 4.78 is 0. The molecule has 4 amide bonds. The fourth-order valence-electron chi connectivity index (χ4n) is 3.60. The molecule has 0 radical (unpaired) electrons. The standard InChI is InChI=1S/C22H28N4O3/c1-15(21(28)25-22(29)23-17-10-4-5-11-17)26(2)14-20(27)24-19-13-7-9-16-8-3-6-12-18(16)19/h3,6-9,12-13,15,17H,4-5,10-11,14H2,1-2H3,(H,24,27)(H2,23,25,28,29). The highest BCUT2D eigenvalue weighted by Crippen LogP contribution is 2.22. The zero-order chi connectivity index (χ0) is 20.8. The maximum atomic E-state index is 12.5. The number of nitrogens with zero attached hydrogens (tertiary/aromatic N) is 1. The number of fused-ring (bicyclic) bond motifs is 1. The summed E-state index contributed by atoms with van der Waals surface area (Å²) in [7, 11) is 1.68. The number of hydrogen-bond donors (Lipinski definition) is 3. The fraction of sp³-hybridized carbons (Fsp3) is 0.409. The van der Waals surface area contributed by atoms with E-state index in [0.29, 0.717) is 0 Å². The number of hydrogen-bond acceptors (Lipinski definition) is 4. The molecule has 29 heavy (non-hydrogen) atoms. The van der Waals surface area contributed by atoms with Crippen molar-refractivity contribution in [1.82, 2.24) is 15.5 Å². The lowest BCUT2D eigenvalue weighted by atomic mass is 10.1. The van der Waals surface area contributed by atoms with Gasteiger partial charge in [0.25, 0.3) is 0 Å². The number of urea groups is 1. The van der Waals surface area contributed by atoms with Crippen LogP contribution in [0.5, 0.6) is 0 Å². The number of nitrogens with one attached hydrogen (secondary N) is 3. The van der Waals surface area contributed by atoms with Gasteiger partial charge in [0.15, 0.2) is 0 Å². The SMILES string of the molecule is CC(C(=O)NC(=O)NC1CCCC1)N(C)CC(=O)Nc1cccc2ccccc12. The second kappa shape index (κ2) is 9.52. The smallest absolute Gasteiger partial charge is 0.321 e. The van der Waals surface area contributed by atoms with Gasteiger partial charge in [-0.25, -0.2) is 4.79 Å². The van der Waals surface area contributed by atoms with E-state index in [1.165, 1.54) is 0 Å². The summed E-state index contributed by atoms with van der Waals surface area (Å²) in [6, 6.07) is 12.6. The van der Waals surface area contributed by atoms with Crippen molar-refractivity contribution in [3.05, 3.63) is 42.5 Å². The quantitative estimate of drug-likeness (QED) is 0.700. The molecule has 0 saturated heterocycles. The summed E-state index contributed by atoms with van der Waals surface area (Å²) in [5.41, 5.74) is 0.731. The number of carbonyl (C=O) groups is 3. The molecule has 1 atom stereocenters. The zero-order valence-corrected chi connectivity index (χ0v) is 16.9. The monoisotopic (exact) mass is 396 g/mol. The second-order valence-corrected chi connectivity index (χ2v) is 7.61. The van der Waals surface area contributed by atoms with Crippen molar-refractivity contribution >= 4 is 34.3 Å². The van der Waals surface area contributed by atoms with Crippen LogP contribution in [0.3, 0.4) is 0 Å². The minimum absolute atomic E-state index is 0.0298. The molecule has 2 aromatic rings. The Labute approximate surface area is 170 Å². The first-order valence-electron chi connectivity index (χ1n) is 10.0. The van der Waals surface area contributed by atoms with Gasteiger partial charge < -0.3 is 10.6 Å². The van der Waals surface area contributed by atoms with Crippen molar-refractivity contribution in [2.75, 3.05) is 18.9 Å². The topological polar surface area (TPSA) is 90.5 Å². The number of anilines is 1. The lowest BCUT2D eigenvalue weighted by molar-refractivity contribution is -0.125. The Morgan fingerprint density at radius 1 is 1.07 bits per heavy atom. The van der Waals surface area contributed by atoms with Crippen LogP contribution in [-0.4, -0.2) is 48.4 Å². The number of rotatable bonds is 6. The average molecular weight is 396 g/mol. The molecule has 2 aromatic carbocycles. The Kier molecular flexibility index (Phi) is 6.82. The molecule has 1 saturated carbocycles. The van der Waals surface area contributed by atoms with E-state index < -0.39 is 18.0 Å². The highest BCUT2D eigenvalue weighted by atomic mass is 16.2. The Morgan fingerprint density at radius 2 is 1.76 bits per heavy atom. The molecule has 1 aliphatic rings. The molecule has 1 aliphatic carbocycles. The lowest BCUT2D eigenvalue weighted by Crippen LogP contribution is -2.51. The van der Waals surface area contributed by atoms with Gasteiger partial charge in [0, 0.05) is 17.1 Å². The summed E-state index contributed by atoms with van der Waals surface area (Å²) in [4.78, 5) is 38.4. The number of amides is 4. The third-order valence-electron chi connectivity index (χ3n) is 5.42. The molecule has 0 aliphatic heterocycles. The Balaban J connectivity index is 1.51. The van der Waals surface area contributed by atoms with Gasteiger partial charge in [-0.1, -0.05) is 49.2 Å². The van der Waals surface area contributed by atoms with E-state index in [2.05, 4.69) is 16.0 Å². The van der Waals surface area contributed by atoms with E-state index in [9.17, 15) is 14.4 Å². The molecule has 0 heterocycles. The summed E-state index contributed by atoms with van der Waals surface area (Å²) in [5.74, 6) is -0.653. The Bertz CT molecular complexity index is 887. The first-order valence-corrected chi connectivity index (χ1v) is 10.0. The van der Waals surface area contributed by atoms with Gasteiger partial charge in [-0.05, 0) is 38.3 Å². The Hall–Kier alpha value is -2.93. The summed E-state index contributed by atoms with van der Waals surface area (Å²) in [6.07, 6.45) is 4.10. The molecule has 0 spiro atoms. The molecule has 154 valence electrons. The van der Waals surface area contributed by atoms with E-state index in [1.54, 1.807) is 18.9 Å². The van der Waals surface area contributed by atoms with Crippen LogP contribution in [-0.2, 0) is 9.59 Å². The fourth-order valence-corrected chi connectivity index (χ4v) is 3.60. The minimum Gasteiger partial charge on any atom is -0.335 e. The third-order valence-corrected chi connectivity index (χ3v) is 5.42. The minimum atomic E-state index is -0.623. The summed E-state index contributed by atoms with van der Waals surface area (Å²) >= 11 is 0. The van der Waals surface area contributed by atoms with Crippen LogP contribution in [0.4, 0.5) is 10.5 Å². The highest BCUT2D eigenvalue weighted by Gasteiger charge is 2.24. The average Bonchev–Trinajstić information content (AvgIpc) is 3.20. The van der Waals surface area contributed by atoms with Crippen LogP contribution < -0.4 is 16.0 Å². The van der Waals surface area contributed by atoms with Gasteiger partial charge in [0.2, 0.25) is 11.8 Å². The second-order valence-electron chi connectivity index (χ2n) is 7.61. The maximum Gasteiger partial charge on any atom is 0.321 e. The van der Waals surface area contributed by atoms with E-state index in [1.807, 2.05) is 42.5 Å². The van der Waals surface area contributed by atoms with Crippen molar-refractivity contribution in [3.8, 4) is 0 Å². The Morgan fingerprint density at radius 3 is 2.52 bits per heavy atom. The molecule has 1 fully saturated rings. The van der Waals surface area contributed by atoms with Gasteiger partial charge in [-0.3, -0.25) is 19.8 Å². The van der Waals surface area contributed by atoms with E-state index in [0.717, 1.165) is 42.1 Å². The molecule has 7 heteroatoms. The first kappa shape index (κ1) is 20.8. The van der Waals surface area contributed by atoms with E-state index in [-0.39, 0.29) is 18.5 Å². The molecule has 7 nitrogen and oxygen atoms in total. The maximum absolute atomic E-state index is 12.5. The van der Waals surface area contributed by atoms with Crippen LogP contribution in [0.15, 0.2) is 42.5 Å². The highest BCUT2D eigenvalue weighted by molar-refractivity contribution is 6.03. The van der Waals surface area contributed by atoms with Crippen molar-refractivity contribution in [2.24, 2.45) is 0 Å². The van der Waals surface area contributed by atoms with Gasteiger partial charge in [-0.2, -0.15) is 0 Å². The molecule has 0 bridgehead atoms. The predicted molar refractivity (Wildman–Crippen MR) is 114 cm³/mol. The van der Waals surface area contributed by atoms with Crippen molar-refractivity contribution in [3.63, 3.8) is 0 Å². The molecular weight excluding hydrogens is 368 g/mol. The van der Waals surface area contributed by atoms with Gasteiger partial charge in [0.1, 0.15) is 0 Å². The van der Waals surface area contributed by atoms with Gasteiger partial charge in [-0.15, -0.1) is 0 Å². The van der Waals surface area contributed by atoms with Crippen molar-refractivity contribution < 1.29 is 14.4 Å². The number of benzene rings is 2. The van der Waals surface area contributed by atoms with Crippen LogP contribution in [0.25, 0.3) is 10.8 Å². The first-order chi connectivity index (χ1) is 13.9. The lowest BCUT2D eigenvalue weighted by Gasteiger charge is -2.23. The summed E-state index contributed by atoms with van der Waals surface area (Å²) in [6.45, 7) is 1.70. The molecule has 3 N–H and O–H groups in total.